The maximum Gasteiger partial charge on any atom is 0.333 e. The first-order valence-electron chi connectivity index (χ1n) is 8.91. The minimum atomic E-state index is -0.562. The lowest BCUT2D eigenvalue weighted by Gasteiger charge is -2.02. The van der Waals surface area contributed by atoms with Crippen molar-refractivity contribution in [2.24, 2.45) is 0 Å². The Balaban J connectivity index is 2.08. The Kier molecular flexibility index (Phi) is 6.80. The summed E-state index contributed by atoms with van der Waals surface area (Å²) in [7, 11) is 0. The standard InChI is InChI=1S/C22H18ClNO4S/c1-2-28-21(26)13-20-24(14-18(25)16-6-4-3-5-7-16)22(27)19(29-20)12-15-8-10-17(23)11-9-15/h3-13H,2,14H2,1H3/b19-12-,20-13-. The summed E-state index contributed by atoms with van der Waals surface area (Å²) in [6, 6.07) is 15.7. The van der Waals surface area contributed by atoms with E-state index in [1.54, 1.807) is 61.5 Å². The van der Waals surface area contributed by atoms with Crippen molar-refractivity contribution in [3.63, 3.8) is 0 Å². The summed E-state index contributed by atoms with van der Waals surface area (Å²) in [5, 5.41) is 0.593. The van der Waals surface area contributed by atoms with Gasteiger partial charge in [0.05, 0.1) is 23.8 Å². The van der Waals surface area contributed by atoms with E-state index in [-0.39, 0.29) is 24.5 Å². The van der Waals surface area contributed by atoms with E-state index in [1.807, 2.05) is 6.07 Å². The molecule has 0 fully saturated rings. The zero-order valence-corrected chi connectivity index (χ0v) is 17.2. The molecule has 148 valence electrons. The molecule has 0 unspecified atom stereocenters. The first-order chi connectivity index (χ1) is 14.0. The van der Waals surface area contributed by atoms with Crippen molar-refractivity contribution < 1.29 is 14.3 Å². The van der Waals surface area contributed by atoms with Gasteiger partial charge < -0.3 is 4.74 Å². The lowest BCUT2D eigenvalue weighted by molar-refractivity contribution is -0.135. The highest BCUT2D eigenvalue weighted by Gasteiger charge is 2.12. The van der Waals surface area contributed by atoms with Crippen LogP contribution >= 0.6 is 22.9 Å². The number of thiazole rings is 1. The highest BCUT2D eigenvalue weighted by molar-refractivity contribution is 7.07. The summed E-state index contributed by atoms with van der Waals surface area (Å²) in [6.07, 6.45) is 2.95. The van der Waals surface area contributed by atoms with E-state index in [2.05, 4.69) is 0 Å². The Bertz CT molecular complexity index is 1190. The third kappa shape index (κ3) is 5.31. The Hall–Kier alpha value is -2.96. The summed E-state index contributed by atoms with van der Waals surface area (Å²) in [5.41, 5.74) is 0.942. The second-order valence-corrected chi connectivity index (χ2v) is 7.58. The van der Waals surface area contributed by atoms with Crippen LogP contribution in [0.15, 0.2) is 59.4 Å². The van der Waals surface area contributed by atoms with Gasteiger partial charge in [0.1, 0.15) is 4.66 Å². The number of esters is 1. The quantitative estimate of drug-likeness (QED) is 0.448. The predicted octanol–water partition coefficient (Wildman–Crippen LogP) is 2.62. The van der Waals surface area contributed by atoms with E-state index in [0.29, 0.717) is 19.8 Å². The summed E-state index contributed by atoms with van der Waals surface area (Å²) in [5.74, 6) is -0.783. The average molecular weight is 428 g/mol. The SMILES string of the molecule is CCOC(=O)/C=c1\s/c(=C\c2ccc(Cl)cc2)c(=O)n1CC(=O)c1ccccc1. The Morgan fingerprint density at radius 1 is 1.10 bits per heavy atom. The van der Waals surface area contributed by atoms with Gasteiger partial charge in [-0.3, -0.25) is 14.2 Å². The normalized spacial score (nSPS) is 12.2. The molecule has 1 heterocycles. The van der Waals surface area contributed by atoms with E-state index >= 15 is 0 Å². The molecule has 3 rings (SSSR count). The topological polar surface area (TPSA) is 65.4 Å². The van der Waals surface area contributed by atoms with Crippen molar-refractivity contribution >= 4 is 46.8 Å². The number of hydrogen-bond acceptors (Lipinski definition) is 5. The molecule has 3 aromatic rings. The van der Waals surface area contributed by atoms with Crippen LogP contribution in [-0.2, 0) is 16.1 Å². The molecular formula is C22H18ClNO4S. The van der Waals surface area contributed by atoms with Crippen LogP contribution in [0.2, 0.25) is 5.02 Å². The zero-order chi connectivity index (χ0) is 20.8. The van der Waals surface area contributed by atoms with E-state index in [9.17, 15) is 14.4 Å². The van der Waals surface area contributed by atoms with Gasteiger partial charge in [0.15, 0.2) is 5.78 Å². The predicted molar refractivity (Wildman–Crippen MR) is 115 cm³/mol. The molecule has 7 heteroatoms. The van der Waals surface area contributed by atoms with Crippen molar-refractivity contribution in [1.82, 2.24) is 4.57 Å². The van der Waals surface area contributed by atoms with E-state index in [4.69, 9.17) is 16.3 Å². The van der Waals surface area contributed by atoms with E-state index < -0.39 is 5.97 Å². The van der Waals surface area contributed by atoms with Crippen LogP contribution in [0.25, 0.3) is 12.2 Å². The molecule has 0 atom stereocenters. The van der Waals surface area contributed by atoms with Crippen molar-refractivity contribution in [3.05, 3.63) is 90.3 Å². The maximum atomic E-state index is 13.0. The Morgan fingerprint density at radius 2 is 1.79 bits per heavy atom. The van der Waals surface area contributed by atoms with Crippen LogP contribution in [0.3, 0.4) is 0 Å². The highest BCUT2D eigenvalue weighted by atomic mass is 35.5. The van der Waals surface area contributed by atoms with Crippen LogP contribution in [0.4, 0.5) is 0 Å². The number of nitrogens with zero attached hydrogens (tertiary/aromatic N) is 1. The molecular weight excluding hydrogens is 410 g/mol. The largest absolute Gasteiger partial charge is 0.463 e. The third-order valence-corrected chi connectivity index (χ3v) is 5.34. The molecule has 0 aliphatic rings. The molecule has 2 aromatic carbocycles. The Labute approximate surface area is 176 Å². The minimum Gasteiger partial charge on any atom is -0.463 e. The summed E-state index contributed by atoms with van der Waals surface area (Å²) in [6.45, 7) is 1.75. The molecule has 0 amide bonds. The second kappa shape index (κ2) is 9.49. The molecule has 0 aliphatic carbocycles. The second-order valence-electron chi connectivity index (χ2n) is 6.08. The fourth-order valence-corrected chi connectivity index (χ4v) is 3.80. The van der Waals surface area contributed by atoms with Gasteiger partial charge in [0, 0.05) is 10.6 Å². The van der Waals surface area contributed by atoms with Gasteiger partial charge in [-0.1, -0.05) is 54.1 Å². The van der Waals surface area contributed by atoms with Crippen molar-refractivity contribution in [3.8, 4) is 0 Å². The average Bonchev–Trinajstić information content (AvgIpc) is 2.99. The molecule has 0 aliphatic heterocycles. The molecule has 0 bridgehead atoms. The fourth-order valence-electron chi connectivity index (χ4n) is 2.65. The van der Waals surface area contributed by atoms with Gasteiger partial charge in [0.25, 0.3) is 5.56 Å². The van der Waals surface area contributed by atoms with Crippen molar-refractivity contribution in [2.75, 3.05) is 6.61 Å². The number of Topliss-reactive ketones (excluding diaryl/α,β-unsaturated/α-hetero) is 1. The molecule has 29 heavy (non-hydrogen) atoms. The molecule has 0 saturated heterocycles. The van der Waals surface area contributed by atoms with Crippen LogP contribution in [0.5, 0.6) is 0 Å². The van der Waals surface area contributed by atoms with Crippen LogP contribution in [-0.4, -0.2) is 22.9 Å². The highest BCUT2D eigenvalue weighted by Crippen LogP contribution is 2.09. The number of halogens is 1. The number of ketones is 1. The molecule has 5 nitrogen and oxygen atoms in total. The van der Waals surface area contributed by atoms with Gasteiger partial charge >= 0.3 is 5.97 Å². The zero-order valence-electron chi connectivity index (χ0n) is 15.6. The van der Waals surface area contributed by atoms with Crippen LogP contribution in [0, 0.1) is 0 Å². The smallest absolute Gasteiger partial charge is 0.333 e. The maximum absolute atomic E-state index is 13.0. The van der Waals surface area contributed by atoms with Gasteiger partial charge in [-0.2, -0.15) is 0 Å². The third-order valence-electron chi connectivity index (χ3n) is 4.03. The minimum absolute atomic E-state index is 0.168. The monoisotopic (exact) mass is 427 g/mol. The molecule has 1 aromatic heterocycles. The summed E-state index contributed by atoms with van der Waals surface area (Å²) < 4.78 is 7.03. The summed E-state index contributed by atoms with van der Waals surface area (Å²) in [4.78, 5) is 37.5. The van der Waals surface area contributed by atoms with Gasteiger partial charge in [-0.25, -0.2) is 4.79 Å². The van der Waals surface area contributed by atoms with E-state index in [1.165, 1.54) is 10.6 Å². The van der Waals surface area contributed by atoms with Gasteiger partial charge in [0.2, 0.25) is 0 Å². The first kappa shape index (κ1) is 20.8. The summed E-state index contributed by atoms with van der Waals surface area (Å²) >= 11 is 7.04. The number of carbonyl (C=O) groups excluding carboxylic acids is 2. The molecule has 0 saturated carbocycles. The van der Waals surface area contributed by atoms with Crippen molar-refractivity contribution in [2.45, 2.75) is 13.5 Å². The van der Waals surface area contributed by atoms with E-state index in [0.717, 1.165) is 16.9 Å². The molecule has 0 N–H and O–H groups in total. The first-order valence-corrected chi connectivity index (χ1v) is 10.1. The lowest BCUT2D eigenvalue weighted by Crippen LogP contribution is -2.34. The fraction of sp³-hybridized carbons (Fsp3) is 0.136. The number of carbonyl (C=O) groups is 2. The van der Waals surface area contributed by atoms with Crippen LogP contribution in [0.1, 0.15) is 22.8 Å². The number of ether oxygens (including phenoxy) is 1. The van der Waals surface area contributed by atoms with Crippen LogP contribution < -0.4 is 14.8 Å². The van der Waals surface area contributed by atoms with Crippen molar-refractivity contribution in [1.29, 1.82) is 0 Å². The number of benzene rings is 2. The lowest BCUT2D eigenvalue weighted by atomic mass is 10.1. The number of rotatable bonds is 6. The molecule has 0 radical (unpaired) electrons. The number of aromatic nitrogens is 1. The number of hydrogen-bond donors (Lipinski definition) is 0. The van der Waals surface area contributed by atoms with Gasteiger partial charge in [-0.05, 0) is 30.7 Å². The molecule has 0 spiro atoms. The Morgan fingerprint density at radius 3 is 2.45 bits per heavy atom. The van der Waals surface area contributed by atoms with Gasteiger partial charge in [-0.15, -0.1) is 11.3 Å².